The lowest BCUT2D eigenvalue weighted by molar-refractivity contribution is 0.793. The molecular formula is C61H40N2. The summed E-state index contributed by atoms with van der Waals surface area (Å²) >= 11 is 0. The van der Waals surface area contributed by atoms with Gasteiger partial charge in [0.1, 0.15) is 0 Å². The van der Waals surface area contributed by atoms with Crippen molar-refractivity contribution in [3.05, 3.63) is 265 Å². The molecule has 0 fully saturated rings. The van der Waals surface area contributed by atoms with E-state index in [0.717, 1.165) is 28.3 Å². The van der Waals surface area contributed by atoms with Gasteiger partial charge >= 0.3 is 0 Å². The zero-order valence-electron chi connectivity index (χ0n) is 34.5. The largest absolute Gasteiger partial charge is 0.310 e. The van der Waals surface area contributed by atoms with E-state index in [-0.39, 0.29) is 0 Å². The lowest BCUT2D eigenvalue weighted by Gasteiger charge is -2.32. The van der Waals surface area contributed by atoms with Crippen molar-refractivity contribution in [2.45, 2.75) is 5.41 Å². The van der Waals surface area contributed by atoms with Crippen molar-refractivity contribution < 1.29 is 0 Å². The predicted octanol–water partition coefficient (Wildman–Crippen LogP) is 15.9. The number of nitrogens with zero attached hydrogens (tertiary/aromatic N) is 2. The molecule has 0 saturated heterocycles. The molecule has 1 heterocycles. The summed E-state index contributed by atoms with van der Waals surface area (Å²) in [6.07, 6.45) is 0. The normalized spacial score (nSPS) is 12.9. The van der Waals surface area contributed by atoms with Gasteiger partial charge in [-0.3, -0.25) is 0 Å². The van der Waals surface area contributed by atoms with Crippen LogP contribution in [0.25, 0.3) is 72.0 Å². The van der Waals surface area contributed by atoms with Crippen LogP contribution in [0, 0.1) is 0 Å². The summed E-state index contributed by atoms with van der Waals surface area (Å²) in [6.45, 7) is 0. The Balaban J connectivity index is 1.04. The van der Waals surface area contributed by atoms with Crippen LogP contribution in [-0.2, 0) is 5.41 Å². The minimum absolute atomic E-state index is 0.449. The van der Waals surface area contributed by atoms with Crippen molar-refractivity contribution in [1.29, 1.82) is 0 Å². The van der Waals surface area contributed by atoms with Crippen molar-refractivity contribution in [3.8, 4) is 50.2 Å². The summed E-state index contributed by atoms with van der Waals surface area (Å²) in [5.41, 5.74) is 21.7. The number of benzene rings is 10. The van der Waals surface area contributed by atoms with E-state index >= 15 is 0 Å². The van der Waals surface area contributed by atoms with Crippen LogP contribution in [0.5, 0.6) is 0 Å². The van der Waals surface area contributed by atoms with E-state index in [4.69, 9.17) is 0 Å². The van der Waals surface area contributed by atoms with Crippen LogP contribution >= 0.6 is 0 Å². The van der Waals surface area contributed by atoms with E-state index in [9.17, 15) is 0 Å². The molecule has 13 rings (SSSR count). The van der Waals surface area contributed by atoms with Gasteiger partial charge in [-0.2, -0.15) is 0 Å². The zero-order chi connectivity index (χ0) is 41.5. The van der Waals surface area contributed by atoms with E-state index < -0.39 is 5.41 Å². The Kier molecular flexibility index (Phi) is 7.85. The highest BCUT2D eigenvalue weighted by molar-refractivity contribution is 6.11. The van der Waals surface area contributed by atoms with Crippen molar-refractivity contribution in [3.63, 3.8) is 0 Å². The van der Waals surface area contributed by atoms with Gasteiger partial charge in [0.25, 0.3) is 0 Å². The van der Waals surface area contributed by atoms with Gasteiger partial charge in [0.05, 0.1) is 22.1 Å². The Hall–Kier alpha value is -8.20. The standard InChI is InChI=1S/C61H40N2/c1-3-17-41(18-4-1)42-31-34-45(35-32-42)62(58-29-15-10-21-47(58)43-33-38-60-53(39-43)52-25-11-16-30-59(52)63(60)44-19-5-2-6-20-44)46-36-37-51-50-24-9-14-28-56(50)61(57(51)40-46)54-26-12-7-22-48(54)49-23-8-13-27-55(49)61/h1-40H. The maximum absolute atomic E-state index is 2.49. The second kappa shape index (κ2) is 13.9. The Morgan fingerprint density at radius 2 is 0.794 bits per heavy atom. The molecule has 0 aliphatic heterocycles. The Bertz CT molecular complexity index is 3500. The highest BCUT2D eigenvalue weighted by Crippen LogP contribution is 2.63. The summed E-state index contributed by atoms with van der Waals surface area (Å²) in [6, 6.07) is 89.5. The van der Waals surface area contributed by atoms with Crippen molar-refractivity contribution in [2.75, 3.05) is 4.90 Å². The van der Waals surface area contributed by atoms with Crippen LogP contribution in [0.1, 0.15) is 22.3 Å². The average molecular weight is 801 g/mol. The lowest BCUT2D eigenvalue weighted by atomic mass is 9.70. The minimum Gasteiger partial charge on any atom is -0.310 e. The molecule has 0 N–H and O–H groups in total. The summed E-state index contributed by atoms with van der Waals surface area (Å²) in [7, 11) is 0. The second-order valence-corrected chi connectivity index (χ2v) is 16.8. The van der Waals surface area contributed by atoms with Gasteiger partial charge in [-0.25, -0.2) is 0 Å². The maximum Gasteiger partial charge on any atom is 0.0726 e. The first-order valence-electron chi connectivity index (χ1n) is 21.8. The molecule has 10 aromatic carbocycles. The van der Waals surface area contributed by atoms with E-state index in [2.05, 4.69) is 252 Å². The number of hydrogen-bond acceptors (Lipinski definition) is 1. The summed E-state index contributed by atoms with van der Waals surface area (Å²) in [4.78, 5) is 2.48. The first-order chi connectivity index (χ1) is 31.3. The molecule has 2 nitrogen and oxygen atoms in total. The van der Waals surface area contributed by atoms with Crippen LogP contribution in [-0.4, -0.2) is 4.57 Å². The smallest absolute Gasteiger partial charge is 0.0726 e. The van der Waals surface area contributed by atoms with E-state index in [1.54, 1.807) is 0 Å². The number of fused-ring (bicyclic) bond motifs is 13. The molecule has 1 aromatic heterocycles. The fourth-order valence-electron chi connectivity index (χ4n) is 11.0. The number of rotatable bonds is 6. The van der Waals surface area contributed by atoms with Gasteiger partial charge in [-0.1, -0.05) is 182 Å². The molecule has 63 heavy (non-hydrogen) atoms. The van der Waals surface area contributed by atoms with Crippen LogP contribution in [0.3, 0.4) is 0 Å². The lowest BCUT2D eigenvalue weighted by Crippen LogP contribution is -2.26. The van der Waals surface area contributed by atoms with Gasteiger partial charge in [0.2, 0.25) is 0 Å². The molecule has 0 amide bonds. The highest BCUT2D eigenvalue weighted by atomic mass is 15.1. The fourth-order valence-corrected chi connectivity index (χ4v) is 11.0. The second-order valence-electron chi connectivity index (χ2n) is 16.8. The molecule has 0 unspecified atom stereocenters. The molecular weight excluding hydrogens is 761 g/mol. The zero-order valence-corrected chi connectivity index (χ0v) is 34.5. The van der Waals surface area contributed by atoms with Gasteiger partial charge in [-0.05, 0) is 122 Å². The third-order valence-corrected chi connectivity index (χ3v) is 13.6. The molecule has 0 radical (unpaired) electrons. The van der Waals surface area contributed by atoms with Gasteiger partial charge in [-0.15, -0.1) is 0 Å². The first-order valence-corrected chi connectivity index (χ1v) is 21.8. The third-order valence-electron chi connectivity index (χ3n) is 13.6. The van der Waals surface area contributed by atoms with Gasteiger partial charge < -0.3 is 9.47 Å². The Morgan fingerprint density at radius 1 is 0.302 bits per heavy atom. The molecule has 11 aromatic rings. The number of hydrogen-bond donors (Lipinski definition) is 0. The van der Waals surface area contributed by atoms with Crippen LogP contribution < -0.4 is 4.90 Å². The molecule has 0 bridgehead atoms. The van der Waals surface area contributed by atoms with Gasteiger partial charge in [0.15, 0.2) is 0 Å². The Labute approximate surface area is 367 Å². The quantitative estimate of drug-likeness (QED) is 0.163. The molecule has 0 atom stereocenters. The van der Waals surface area contributed by atoms with Crippen molar-refractivity contribution in [2.24, 2.45) is 0 Å². The molecule has 294 valence electrons. The Morgan fingerprint density at radius 3 is 1.48 bits per heavy atom. The molecule has 2 heteroatoms. The highest BCUT2D eigenvalue weighted by Gasteiger charge is 2.51. The summed E-state index contributed by atoms with van der Waals surface area (Å²) in [5.74, 6) is 0. The SMILES string of the molecule is c1ccc(-c2ccc(N(c3ccc4c(c3)C3(c5ccccc5-c5ccccc53)c3ccccc3-4)c3ccccc3-c3ccc4c(c3)c3ccccc3n4-c3ccccc3)cc2)cc1. The van der Waals surface area contributed by atoms with Crippen LogP contribution in [0.15, 0.2) is 243 Å². The molecule has 1 spiro atoms. The van der Waals surface area contributed by atoms with Crippen LogP contribution in [0.4, 0.5) is 17.1 Å². The summed E-state index contributed by atoms with van der Waals surface area (Å²) < 4.78 is 2.39. The van der Waals surface area contributed by atoms with Crippen molar-refractivity contribution >= 4 is 38.9 Å². The van der Waals surface area contributed by atoms with E-state index in [1.807, 2.05) is 0 Å². The monoisotopic (exact) mass is 800 g/mol. The van der Waals surface area contributed by atoms with E-state index in [0.29, 0.717) is 0 Å². The van der Waals surface area contributed by atoms with Crippen molar-refractivity contribution in [1.82, 2.24) is 4.57 Å². The van der Waals surface area contributed by atoms with E-state index in [1.165, 1.54) is 83.0 Å². The maximum atomic E-state index is 2.49. The fraction of sp³-hybridized carbons (Fsp3) is 0.0164. The summed E-state index contributed by atoms with van der Waals surface area (Å²) in [5, 5.41) is 2.47. The average Bonchev–Trinajstić information content (AvgIpc) is 3.96. The third kappa shape index (κ3) is 5.19. The van der Waals surface area contributed by atoms with Crippen LogP contribution in [0.2, 0.25) is 0 Å². The van der Waals surface area contributed by atoms with Gasteiger partial charge in [0, 0.05) is 33.4 Å². The number of para-hydroxylation sites is 3. The topological polar surface area (TPSA) is 8.17 Å². The number of anilines is 3. The minimum atomic E-state index is -0.449. The molecule has 2 aliphatic carbocycles. The molecule has 2 aliphatic rings. The molecule has 0 saturated carbocycles. The first kappa shape index (κ1) is 35.5. The number of aromatic nitrogens is 1. The predicted molar refractivity (Wildman–Crippen MR) is 263 cm³/mol.